The van der Waals surface area contributed by atoms with Gasteiger partial charge in [-0.2, -0.15) is 0 Å². The van der Waals surface area contributed by atoms with Crippen molar-refractivity contribution in [3.05, 3.63) is 35.6 Å². The molecule has 0 bridgehead atoms. The van der Waals surface area contributed by atoms with Gasteiger partial charge in [0.05, 0.1) is 12.5 Å². The predicted octanol–water partition coefficient (Wildman–Crippen LogP) is 0.798. The molecule has 0 aromatic heterocycles. The number of rotatable bonds is 3. The Morgan fingerprint density at radius 1 is 1.44 bits per heavy atom. The zero-order chi connectivity index (χ0) is 11.5. The van der Waals surface area contributed by atoms with E-state index in [1.54, 1.807) is 17.0 Å². The van der Waals surface area contributed by atoms with Crippen LogP contribution in [0.4, 0.5) is 4.39 Å². The number of carbonyl (C=O) groups excluding carboxylic acids is 1. The zero-order valence-corrected chi connectivity index (χ0v) is 9.24. The van der Waals surface area contributed by atoms with Gasteiger partial charge < -0.3 is 10.2 Å². The lowest BCUT2D eigenvalue weighted by molar-refractivity contribution is -0.132. The maximum absolute atomic E-state index is 12.7. The average molecular weight is 222 g/mol. The third-order valence-corrected chi connectivity index (χ3v) is 2.97. The summed E-state index contributed by atoms with van der Waals surface area (Å²) in [6.07, 6.45) is 0.341. The minimum atomic E-state index is -0.271. The van der Waals surface area contributed by atoms with Crippen molar-refractivity contribution in [3.63, 3.8) is 0 Å². The first-order valence-corrected chi connectivity index (χ1v) is 5.37. The fourth-order valence-corrected chi connectivity index (χ4v) is 1.65. The highest BCUT2D eigenvalue weighted by Gasteiger charge is 2.24. The van der Waals surface area contributed by atoms with Crippen LogP contribution in [0.5, 0.6) is 0 Å². The van der Waals surface area contributed by atoms with Crippen LogP contribution >= 0.6 is 0 Å². The summed E-state index contributed by atoms with van der Waals surface area (Å²) in [6.45, 7) is 1.73. The molecule has 4 heteroatoms. The molecule has 0 radical (unpaired) electrons. The molecule has 0 atom stereocenters. The second-order valence-electron chi connectivity index (χ2n) is 4.12. The quantitative estimate of drug-likeness (QED) is 0.820. The van der Waals surface area contributed by atoms with E-state index in [2.05, 4.69) is 5.32 Å². The molecule has 86 valence electrons. The smallest absolute Gasteiger partial charge is 0.227 e. The van der Waals surface area contributed by atoms with E-state index in [-0.39, 0.29) is 11.7 Å². The Bertz CT molecular complexity index is 373. The molecule has 1 aromatic carbocycles. The molecule has 2 rings (SSSR count). The van der Waals surface area contributed by atoms with Gasteiger partial charge in [-0.3, -0.25) is 4.79 Å². The van der Waals surface area contributed by atoms with Gasteiger partial charge in [-0.25, -0.2) is 4.39 Å². The van der Waals surface area contributed by atoms with Crippen molar-refractivity contribution in [1.82, 2.24) is 10.2 Å². The minimum absolute atomic E-state index is 0.0816. The number of amides is 1. The molecular weight excluding hydrogens is 207 g/mol. The number of halogens is 1. The highest BCUT2D eigenvalue weighted by molar-refractivity contribution is 5.79. The molecule has 1 aliphatic rings. The van der Waals surface area contributed by atoms with Crippen LogP contribution in [0.1, 0.15) is 5.56 Å². The van der Waals surface area contributed by atoms with E-state index in [1.165, 1.54) is 12.1 Å². The highest BCUT2D eigenvalue weighted by atomic mass is 19.1. The van der Waals surface area contributed by atoms with E-state index < -0.39 is 0 Å². The second kappa shape index (κ2) is 4.61. The van der Waals surface area contributed by atoms with Crippen LogP contribution in [0.2, 0.25) is 0 Å². The van der Waals surface area contributed by atoms with Crippen molar-refractivity contribution in [2.24, 2.45) is 0 Å². The SMILES string of the molecule is CN(C(=O)Cc1ccc(F)cc1)C1CNC1. The van der Waals surface area contributed by atoms with E-state index in [0.29, 0.717) is 12.5 Å². The summed E-state index contributed by atoms with van der Waals surface area (Å²) < 4.78 is 12.7. The highest BCUT2D eigenvalue weighted by Crippen LogP contribution is 2.08. The number of hydrogen-bond acceptors (Lipinski definition) is 2. The van der Waals surface area contributed by atoms with Crippen molar-refractivity contribution in [2.75, 3.05) is 20.1 Å². The fraction of sp³-hybridized carbons (Fsp3) is 0.417. The molecule has 1 aliphatic heterocycles. The molecule has 1 saturated heterocycles. The number of nitrogens with one attached hydrogen (secondary N) is 1. The zero-order valence-electron chi connectivity index (χ0n) is 9.24. The normalized spacial score (nSPS) is 15.6. The molecule has 16 heavy (non-hydrogen) atoms. The molecule has 0 unspecified atom stereocenters. The number of hydrogen-bond donors (Lipinski definition) is 1. The molecule has 0 aliphatic carbocycles. The van der Waals surface area contributed by atoms with E-state index in [9.17, 15) is 9.18 Å². The predicted molar refractivity (Wildman–Crippen MR) is 59.5 cm³/mol. The van der Waals surface area contributed by atoms with Crippen molar-refractivity contribution in [1.29, 1.82) is 0 Å². The maximum atomic E-state index is 12.7. The third kappa shape index (κ3) is 2.39. The first kappa shape index (κ1) is 11.1. The van der Waals surface area contributed by atoms with Crippen LogP contribution in [0.25, 0.3) is 0 Å². The lowest BCUT2D eigenvalue weighted by Gasteiger charge is -2.35. The Hall–Kier alpha value is -1.42. The Labute approximate surface area is 94.3 Å². The van der Waals surface area contributed by atoms with E-state index in [0.717, 1.165) is 18.7 Å². The molecule has 1 aromatic rings. The Kier molecular flexibility index (Phi) is 3.19. The summed E-state index contributed by atoms with van der Waals surface area (Å²) >= 11 is 0. The van der Waals surface area contributed by atoms with Crippen LogP contribution in [0.3, 0.4) is 0 Å². The second-order valence-corrected chi connectivity index (χ2v) is 4.12. The number of carbonyl (C=O) groups is 1. The van der Waals surface area contributed by atoms with Crippen molar-refractivity contribution in [3.8, 4) is 0 Å². The molecule has 1 amide bonds. The summed E-state index contributed by atoms with van der Waals surface area (Å²) in [4.78, 5) is 13.6. The molecule has 3 nitrogen and oxygen atoms in total. The topological polar surface area (TPSA) is 32.3 Å². The summed E-state index contributed by atoms with van der Waals surface area (Å²) in [7, 11) is 1.82. The molecule has 1 fully saturated rings. The van der Waals surface area contributed by atoms with Crippen LogP contribution in [0, 0.1) is 5.82 Å². The van der Waals surface area contributed by atoms with Gasteiger partial charge in [-0.1, -0.05) is 12.1 Å². The lowest BCUT2D eigenvalue weighted by Crippen LogP contribution is -2.57. The van der Waals surface area contributed by atoms with Gasteiger partial charge in [0, 0.05) is 20.1 Å². The Morgan fingerprint density at radius 3 is 2.56 bits per heavy atom. The molecule has 0 saturated carbocycles. The van der Waals surface area contributed by atoms with Crippen LogP contribution < -0.4 is 5.32 Å². The van der Waals surface area contributed by atoms with Gasteiger partial charge in [0.25, 0.3) is 0 Å². The number of nitrogens with zero attached hydrogens (tertiary/aromatic N) is 1. The Morgan fingerprint density at radius 2 is 2.06 bits per heavy atom. The van der Waals surface area contributed by atoms with Crippen LogP contribution in [-0.2, 0) is 11.2 Å². The lowest BCUT2D eigenvalue weighted by atomic mass is 10.1. The summed E-state index contributed by atoms with van der Waals surface area (Å²) in [5.74, 6) is -0.189. The maximum Gasteiger partial charge on any atom is 0.227 e. The minimum Gasteiger partial charge on any atom is -0.340 e. The average Bonchev–Trinajstić information content (AvgIpc) is 2.19. The van der Waals surface area contributed by atoms with E-state index in [4.69, 9.17) is 0 Å². The molecular formula is C12H15FN2O. The largest absolute Gasteiger partial charge is 0.340 e. The van der Waals surface area contributed by atoms with Gasteiger partial charge in [0.15, 0.2) is 0 Å². The van der Waals surface area contributed by atoms with Crippen molar-refractivity contribution >= 4 is 5.91 Å². The fourth-order valence-electron chi connectivity index (χ4n) is 1.65. The third-order valence-electron chi connectivity index (χ3n) is 2.97. The van der Waals surface area contributed by atoms with Gasteiger partial charge in [0.2, 0.25) is 5.91 Å². The first-order valence-electron chi connectivity index (χ1n) is 5.37. The standard InChI is InChI=1S/C12H15FN2O/c1-15(11-7-14-8-11)12(16)6-9-2-4-10(13)5-3-9/h2-5,11,14H,6-8H2,1H3. The van der Waals surface area contributed by atoms with E-state index in [1.807, 2.05) is 7.05 Å². The van der Waals surface area contributed by atoms with Crippen molar-refractivity contribution < 1.29 is 9.18 Å². The molecule has 1 heterocycles. The van der Waals surface area contributed by atoms with E-state index >= 15 is 0 Å². The van der Waals surface area contributed by atoms with Crippen LogP contribution in [0.15, 0.2) is 24.3 Å². The van der Waals surface area contributed by atoms with Crippen LogP contribution in [-0.4, -0.2) is 37.0 Å². The van der Waals surface area contributed by atoms with Crippen molar-refractivity contribution in [2.45, 2.75) is 12.5 Å². The van der Waals surface area contributed by atoms with Gasteiger partial charge in [-0.15, -0.1) is 0 Å². The Balaban J connectivity index is 1.93. The van der Waals surface area contributed by atoms with Gasteiger partial charge >= 0.3 is 0 Å². The molecule has 1 N–H and O–H groups in total. The van der Waals surface area contributed by atoms with Gasteiger partial charge in [0.1, 0.15) is 5.82 Å². The van der Waals surface area contributed by atoms with Gasteiger partial charge in [-0.05, 0) is 17.7 Å². The number of benzene rings is 1. The summed E-state index contributed by atoms with van der Waals surface area (Å²) in [6, 6.07) is 6.38. The molecule has 0 spiro atoms. The monoisotopic (exact) mass is 222 g/mol. The first-order chi connectivity index (χ1) is 7.66. The summed E-state index contributed by atoms with van der Waals surface area (Å²) in [5.41, 5.74) is 0.852. The summed E-state index contributed by atoms with van der Waals surface area (Å²) in [5, 5.41) is 3.12. The number of likely N-dealkylation sites (N-methyl/N-ethyl adjacent to an activating group) is 1.